The molecular formula is C18H18N2O5S. The van der Waals surface area contributed by atoms with Crippen LogP contribution in [0.1, 0.15) is 29.2 Å². The van der Waals surface area contributed by atoms with Gasteiger partial charge in [0.05, 0.1) is 23.8 Å². The van der Waals surface area contributed by atoms with Gasteiger partial charge in [-0.1, -0.05) is 29.8 Å². The Balaban J connectivity index is 1.90. The Kier molecular flexibility index (Phi) is 4.80. The van der Waals surface area contributed by atoms with E-state index in [1.807, 2.05) is 6.92 Å². The average Bonchev–Trinajstić information content (AvgIpc) is 2.93. The highest BCUT2D eigenvalue weighted by atomic mass is 32.2. The van der Waals surface area contributed by atoms with E-state index in [-0.39, 0.29) is 23.6 Å². The number of carboxylic acid groups (broad SMARTS) is 1. The van der Waals surface area contributed by atoms with Crippen LogP contribution >= 0.6 is 0 Å². The summed E-state index contributed by atoms with van der Waals surface area (Å²) in [5.74, 6) is -1.30. The van der Waals surface area contributed by atoms with E-state index in [0.717, 1.165) is 5.56 Å². The third-order valence-corrected chi connectivity index (χ3v) is 5.64. The first-order chi connectivity index (χ1) is 12.2. The first-order valence-corrected chi connectivity index (χ1v) is 9.46. The maximum absolute atomic E-state index is 12.7. The minimum Gasteiger partial charge on any atom is -0.481 e. The Morgan fingerprint density at radius 1 is 1.23 bits per heavy atom. The second-order valence-electron chi connectivity index (χ2n) is 6.23. The number of amides is 1. The number of hydrogen-bond donors (Lipinski definition) is 3. The van der Waals surface area contributed by atoms with Gasteiger partial charge in [-0.05, 0) is 36.2 Å². The quantitative estimate of drug-likeness (QED) is 0.716. The maximum Gasteiger partial charge on any atom is 0.305 e. The summed E-state index contributed by atoms with van der Waals surface area (Å²) in [6, 6.07) is 10.5. The van der Waals surface area contributed by atoms with Crippen LogP contribution in [0.15, 0.2) is 47.4 Å². The number of carboxylic acids is 1. The SMILES string of the molecule is Cc1ccc([C@@H](CC(=O)O)NS(=O)(=O)c2ccc3c(c2)CC(=O)N3)cc1. The number of fused-ring (bicyclic) bond motifs is 1. The summed E-state index contributed by atoms with van der Waals surface area (Å²) in [5, 5.41) is 11.8. The van der Waals surface area contributed by atoms with Crippen LogP contribution in [-0.2, 0) is 26.0 Å². The number of sulfonamides is 1. The van der Waals surface area contributed by atoms with Gasteiger partial charge in [0, 0.05) is 5.69 Å². The molecule has 136 valence electrons. The zero-order valence-electron chi connectivity index (χ0n) is 14.0. The van der Waals surface area contributed by atoms with Crippen molar-refractivity contribution in [1.29, 1.82) is 0 Å². The lowest BCUT2D eigenvalue weighted by molar-refractivity contribution is -0.137. The number of nitrogens with one attached hydrogen (secondary N) is 2. The molecule has 0 saturated carbocycles. The Bertz CT molecular complexity index is 968. The number of hydrogen-bond acceptors (Lipinski definition) is 4. The van der Waals surface area contributed by atoms with Crippen LogP contribution < -0.4 is 10.0 Å². The standard InChI is InChI=1S/C18H18N2O5S/c1-11-2-4-12(5-3-11)16(10-18(22)23)20-26(24,25)14-6-7-15-13(8-14)9-17(21)19-15/h2-8,16,20H,9-10H2,1H3,(H,19,21)(H,22,23)/t16-/m1/s1. The predicted octanol–water partition coefficient (Wildman–Crippen LogP) is 1.98. The highest BCUT2D eigenvalue weighted by Crippen LogP contribution is 2.27. The van der Waals surface area contributed by atoms with Crippen molar-refractivity contribution in [3.05, 3.63) is 59.2 Å². The third-order valence-electron chi connectivity index (χ3n) is 4.17. The van der Waals surface area contributed by atoms with Gasteiger partial charge in [-0.15, -0.1) is 0 Å². The molecule has 3 N–H and O–H groups in total. The van der Waals surface area contributed by atoms with Gasteiger partial charge in [-0.2, -0.15) is 0 Å². The van der Waals surface area contributed by atoms with Crippen LogP contribution in [-0.4, -0.2) is 25.4 Å². The molecule has 3 rings (SSSR count). The van der Waals surface area contributed by atoms with Gasteiger partial charge >= 0.3 is 5.97 Å². The van der Waals surface area contributed by atoms with Crippen molar-refractivity contribution >= 4 is 27.6 Å². The second kappa shape index (κ2) is 6.89. The predicted molar refractivity (Wildman–Crippen MR) is 95.3 cm³/mol. The molecule has 0 radical (unpaired) electrons. The summed E-state index contributed by atoms with van der Waals surface area (Å²) < 4.78 is 27.9. The Morgan fingerprint density at radius 2 is 1.92 bits per heavy atom. The summed E-state index contributed by atoms with van der Waals surface area (Å²) in [7, 11) is -3.95. The maximum atomic E-state index is 12.7. The normalized spacial score (nSPS) is 14.6. The average molecular weight is 374 g/mol. The van der Waals surface area contributed by atoms with Gasteiger partial charge in [0.15, 0.2) is 0 Å². The number of aliphatic carboxylic acids is 1. The number of aryl methyl sites for hydroxylation is 1. The molecule has 2 aromatic rings. The van der Waals surface area contributed by atoms with Crippen molar-refractivity contribution in [1.82, 2.24) is 4.72 Å². The van der Waals surface area contributed by atoms with Crippen molar-refractivity contribution in [3.63, 3.8) is 0 Å². The van der Waals surface area contributed by atoms with Crippen LogP contribution in [0.4, 0.5) is 5.69 Å². The van der Waals surface area contributed by atoms with E-state index in [0.29, 0.717) is 16.8 Å². The molecular weight excluding hydrogens is 356 g/mol. The Labute approximate surface area is 151 Å². The second-order valence-corrected chi connectivity index (χ2v) is 7.94. The van der Waals surface area contributed by atoms with Gasteiger partial charge in [-0.3, -0.25) is 9.59 Å². The molecule has 0 unspecified atom stereocenters. The number of carbonyl (C=O) groups is 2. The topological polar surface area (TPSA) is 113 Å². The molecule has 2 aromatic carbocycles. The van der Waals surface area contributed by atoms with Crippen LogP contribution in [0, 0.1) is 6.92 Å². The molecule has 0 saturated heterocycles. The summed E-state index contributed by atoms with van der Waals surface area (Å²) >= 11 is 0. The van der Waals surface area contributed by atoms with Crippen LogP contribution in [0.3, 0.4) is 0 Å². The van der Waals surface area contributed by atoms with E-state index in [2.05, 4.69) is 10.0 Å². The fraction of sp³-hybridized carbons (Fsp3) is 0.222. The fourth-order valence-electron chi connectivity index (χ4n) is 2.83. The van der Waals surface area contributed by atoms with Gasteiger partial charge in [0.1, 0.15) is 0 Å². The molecule has 0 aromatic heterocycles. The minimum absolute atomic E-state index is 0.00440. The van der Waals surface area contributed by atoms with Crippen molar-refractivity contribution < 1.29 is 23.1 Å². The molecule has 0 aliphatic carbocycles. The van der Waals surface area contributed by atoms with E-state index in [9.17, 15) is 18.0 Å². The largest absolute Gasteiger partial charge is 0.481 e. The summed E-state index contributed by atoms with van der Waals surface area (Å²) in [5.41, 5.74) is 2.75. The van der Waals surface area contributed by atoms with E-state index < -0.39 is 22.0 Å². The molecule has 7 nitrogen and oxygen atoms in total. The van der Waals surface area contributed by atoms with Gasteiger partial charge in [0.2, 0.25) is 15.9 Å². The zero-order valence-corrected chi connectivity index (χ0v) is 14.8. The van der Waals surface area contributed by atoms with Crippen LogP contribution in [0.5, 0.6) is 0 Å². The molecule has 0 fully saturated rings. The monoisotopic (exact) mass is 374 g/mol. The van der Waals surface area contributed by atoms with Crippen LogP contribution in [0.2, 0.25) is 0 Å². The molecule has 0 bridgehead atoms. The Morgan fingerprint density at radius 3 is 2.58 bits per heavy atom. The first-order valence-electron chi connectivity index (χ1n) is 7.98. The zero-order chi connectivity index (χ0) is 18.9. The van der Waals surface area contributed by atoms with Gasteiger partial charge in [0.25, 0.3) is 0 Å². The lowest BCUT2D eigenvalue weighted by atomic mass is 10.0. The highest BCUT2D eigenvalue weighted by Gasteiger charge is 2.26. The van der Waals surface area contributed by atoms with Crippen molar-refractivity contribution in [2.45, 2.75) is 30.7 Å². The van der Waals surface area contributed by atoms with E-state index in [1.54, 1.807) is 24.3 Å². The molecule has 1 amide bonds. The number of anilines is 1. The molecule has 1 aliphatic heterocycles. The molecule has 1 heterocycles. The van der Waals surface area contributed by atoms with Gasteiger partial charge in [-0.25, -0.2) is 13.1 Å². The lowest BCUT2D eigenvalue weighted by Crippen LogP contribution is -2.30. The highest BCUT2D eigenvalue weighted by molar-refractivity contribution is 7.89. The van der Waals surface area contributed by atoms with Crippen LogP contribution in [0.25, 0.3) is 0 Å². The summed E-state index contributed by atoms with van der Waals surface area (Å²) in [6.07, 6.45) is -0.261. The van der Waals surface area contributed by atoms with Crippen molar-refractivity contribution in [3.8, 4) is 0 Å². The van der Waals surface area contributed by atoms with E-state index in [1.165, 1.54) is 18.2 Å². The van der Waals surface area contributed by atoms with Gasteiger partial charge < -0.3 is 10.4 Å². The van der Waals surface area contributed by atoms with E-state index in [4.69, 9.17) is 5.11 Å². The molecule has 1 aliphatic rings. The summed E-state index contributed by atoms with van der Waals surface area (Å²) in [6.45, 7) is 1.89. The number of rotatable bonds is 6. The smallest absolute Gasteiger partial charge is 0.305 e. The third kappa shape index (κ3) is 3.92. The van der Waals surface area contributed by atoms with Crippen molar-refractivity contribution in [2.75, 3.05) is 5.32 Å². The van der Waals surface area contributed by atoms with Crippen molar-refractivity contribution in [2.24, 2.45) is 0 Å². The van der Waals surface area contributed by atoms with E-state index >= 15 is 0 Å². The minimum atomic E-state index is -3.95. The fourth-order valence-corrected chi connectivity index (χ4v) is 4.10. The number of carbonyl (C=O) groups excluding carboxylic acids is 1. The molecule has 26 heavy (non-hydrogen) atoms. The molecule has 8 heteroatoms. The summed E-state index contributed by atoms with van der Waals surface area (Å²) in [4.78, 5) is 22.6. The molecule has 0 spiro atoms. The first kappa shape index (κ1) is 18.1. The Hall–Kier alpha value is -2.71. The number of benzene rings is 2. The molecule has 1 atom stereocenters. The lowest BCUT2D eigenvalue weighted by Gasteiger charge is -2.18.